The van der Waals surface area contributed by atoms with Gasteiger partial charge in [0.15, 0.2) is 5.78 Å². The lowest BCUT2D eigenvalue weighted by Gasteiger charge is -2.14. The Morgan fingerprint density at radius 1 is 1.47 bits per heavy atom. The van der Waals surface area contributed by atoms with Crippen molar-refractivity contribution in [3.8, 4) is 0 Å². The third-order valence-electron chi connectivity index (χ3n) is 2.99. The predicted molar refractivity (Wildman–Crippen MR) is 61.9 cm³/mol. The first-order valence-electron chi connectivity index (χ1n) is 6.05. The number of allylic oxidation sites excluding steroid dienone is 1. The van der Waals surface area contributed by atoms with Crippen molar-refractivity contribution in [1.29, 1.82) is 0 Å². The van der Waals surface area contributed by atoms with Crippen molar-refractivity contribution in [2.45, 2.75) is 58.0 Å². The topological polar surface area (TPSA) is 26.3 Å². The SMILES string of the molecule is CCCC(OC)C(=O)C1=CCCCCC1. The first-order valence-corrected chi connectivity index (χ1v) is 6.05. The van der Waals surface area contributed by atoms with Crippen LogP contribution in [-0.2, 0) is 9.53 Å². The van der Waals surface area contributed by atoms with Gasteiger partial charge in [0.25, 0.3) is 0 Å². The van der Waals surface area contributed by atoms with Gasteiger partial charge in [-0.2, -0.15) is 0 Å². The van der Waals surface area contributed by atoms with Gasteiger partial charge in [0, 0.05) is 7.11 Å². The summed E-state index contributed by atoms with van der Waals surface area (Å²) in [4.78, 5) is 12.1. The smallest absolute Gasteiger partial charge is 0.187 e. The van der Waals surface area contributed by atoms with Crippen LogP contribution < -0.4 is 0 Å². The molecule has 2 heteroatoms. The summed E-state index contributed by atoms with van der Waals surface area (Å²) in [6.45, 7) is 2.08. The molecule has 0 aromatic rings. The molecule has 0 aromatic carbocycles. The molecule has 0 radical (unpaired) electrons. The van der Waals surface area contributed by atoms with E-state index >= 15 is 0 Å². The van der Waals surface area contributed by atoms with Crippen LogP contribution in [0.25, 0.3) is 0 Å². The molecule has 1 aliphatic rings. The Labute approximate surface area is 92.7 Å². The van der Waals surface area contributed by atoms with Crippen molar-refractivity contribution in [3.05, 3.63) is 11.6 Å². The zero-order valence-electron chi connectivity index (χ0n) is 9.92. The molecule has 0 aromatic heterocycles. The molecule has 1 atom stereocenters. The molecule has 0 heterocycles. The molecule has 1 unspecified atom stereocenters. The van der Waals surface area contributed by atoms with Gasteiger partial charge in [-0.3, -0.25) is 4.79 Å². The molecule has 0 saturated heterocycles. The van der Waals surface area contributed by atoms with Crippen LogP contribution in [0.3, 0.4) is 0 Å². The molecule has 0 saturated carbocycles. The molecule has 0 bridgehead atoms. The molecule has 1 aliphatic carbocycles. The van der Waals surface area contributed by atoms with Gasteiger partial charge in [0.05, 0.1) is 0 Å². The number of carbonyl (C=O) groups excluding carboxylic acids is 1. The molecular formula is C13H22O2. The van der Waals surface area contributed by atoms with Crippen molar-refractivity contribution in [3.63, 3.8) is 0 Å². The Morgan fingerprint density at radius 2 is 2.27 bits per heavy atom. The quantitative estimate of drug-likeness (QED) is 0.696. The Balaban J connectivity index is 2.59. The van der Waals surface area contributed by atoms with Gasteiger partial charge in [-0.15, -0.1) is 0 Å². The molecule has 0 N–H and O–H groups in total. The maximum Gasteiger partial charge on any atom is 0.187 e. The average Bonchev–Trinajstić information content (AvgIpc) is 2.53. The standard InChI is InChI=1S/C13H22O2/c1-3-8-12(15-2)13(14)11-9-6-4-5-7-10-11/h9,12H,3-8,10H2,1-2H3. The zero-order valence-corrected chi connectivity index (χ0v) is 9.92. The molecule has 0 spiro atoms. The Morgan fingerprint density at radius 3 is 2.93 bits per heavy atom. The number of hydrogen-bond donors (Lipinski definition) is 0. The second-order valence-corrected chi connectivity index (χ2v) is 4.21. The number of hydrogen-bond acceptors (Lipinski definition) is 2. The van der Waals surface area contributed by atoms with Gasteiger partial charge in [-0.25, -0.2) is 0 Å². The summed E-state index contributed by atoms with van der Waals surface area (Å²) in [6, 6.07) is 0. The molecule has 1 rings (SSSR count). The van der Waals surface area contributed by atoms with E-state index in [1.165, 1.54) is 12.8 Å². The van der Waals surface area contributed by atoms with E-state index < -0.39 is 0 Å². The van der Waals surface area contributed by atoms with Crippen LogP contribution in [-0.4, -0.2) is 19.0 Å². The minimum absolute atomic E-state index is 0.209. The van der Waals surface area contributed by atoms with Crippen molar-refractivity contribution < 1.29 is 9.53 Å². The summed E-state index contributed by atoms with van der Waals surface area (Å²) in [7, 11) is 1.63. The predicted octanol–water partition coefficient (Wildman–Crippen LogP) is 3.26. The highest BCUT2D eigenvalue weighted by Crippen LogP contribution is 2.20. The first-order chi connectivity index (χ1) is 7.29. The Bertz CT molecular complexity index is 231. The van der Waals surface area contributed by atoms with Crippen LogP contribution in [0.5, 0.6) is 0 Å². The molecule has 0 amide bonds. The molecule has 86 valence electrons. The lowest BCUT2D eigenvalue weighted by atomic mass is 9.99. The third-order valence-corrected chi connectivity index (χ3v) is 2.99. The molecule has 0 fully saturated rings. The van der Waals surface area contributed by atoms with E-state index in [2.05, 4.69) is 13.0 Å². The van der Waals surface area contributed by atoms with Crippen molar-refractivity contribution >= 4 is 5.78 Å². The van der Waals surface area contributed by atoms with E-state index in [1.54, 1.807) is 7.11 Å². The Hall–Kier alpha value is -0.630. The van der Waals surface area contributed by atoms with Crippen LogP contribution >= 0.6 is 0 Å². The monoisotopic (exact) mass is 210 g/mol. The number of rotatable bonds is 5. The summed E-state index contributed by atoms with van der Waals surface area (Å²) >= 11 is 0. The fourth-order valence-electron chi connectivity index (χ4n) is 2.06. The average molecular weight is 210 g/mol. The summed E-state index contributed by atoms with van der Waals surface area (Å²) < 4.78 is 5.26. The van der Waals surface area contributed by atoms with Crippen LogP contribution in [0.2, 0.25) is 0 Å². The summed E-state index contributed by atoms with van der Waals surface area (Å²) in [5.74, 6) is 0.223. The lowest BCUT2D eigenvalue weighted by molar-refractivity contribution is -0.125. The van der Waals surface area contributed by atoms with Crippen molar-refractivity contribution in [2.75, 3.05) is 7.11 Å². The third kappa shape index (κ3) is 3.78. The van der Waals surface area contributed by atoms with E-state index in [0.717, 1.165) is 37.7 Å². The number of carbonyl (C=O) groups is 1. The van der Waals surface area contributed by atoms with Crippen LogP contribution in [0.1, 0.15) is 51.9 Å². The van der Waals surface area contributed by atoms with E-state index in [0.29, 0.717) is 0 Å². The van der Waals surface area contributed by atoms with Gasteiger partial charge in [0.2, 0.25) is 0 Å². The van der Waals surface area contributed by atoms with E-state index in [1.807, 2.05) is 0 Å². The second kappa shape index (κ2) is 6.78. The number of ether oxygens (including phenoxy) is 1. The normalized spacial score (nSPS) is 19.2. The Kier molecular flexibility index (Phi) is 5.62. The van der Waals surface area contributed by atoms with Crippen LogP contribution in [0.15, 0.2) is 11.6 Å². The van der Waals surface area contributed by atoms with Gasteiger partial charge in [0.1, 0.15) is 6.10 Å². The van der Waals surface area contributed by atoms with Gasteiger partial charge in [-0.1, -0.05) is 25.8 Å². The van der Waals surface area contributed by atoms with Crippen LogP contribution in [0, 0.1) is 0 Å². The molecule has 2 nitrogen and oxygen atoms in total. The summed E-state index contributed by atoms with van der Waals surface area (Å²) in [5, 5.41) is 0. The minimum atomic E-state index is -0.209. The van der Waals surface area contributed by atoms with Gasteiger partial charge >= 0.3 is 0 Å². The molecular weight excluding hydrogens is 188 g/mol. The highest BCUT2D eigenvalue weighted by atomic mass is 16.5. The summed E-state index contributed by atoms with van der Waals surface area (Å²) in [5.41, 5.74) is 1.01. The maximum absolute atomic E-state index is 12.1. The van der Waals surface area contributed by atoms with E-state index in [-0.39, 0.29) is 11.9 Å². The second-order valence-electron chi connectivity index (χ2n) is 4.21. The highest BCUT2D eigenvalue weighted by Gasteiger charge is 2.20. The number of ketones is 1. The molecule has 15 heavy (non-hydrogen) atoms. The maximum atomic E-state index is 12.1. The van der Waals surface area contributed by atoms with E-state index in [9.17, 15) is 4.79 Å². The zero-order chi connectivity index (χ0) is 11.1. The van der Waals surface area contributed by atoms with Crippen molar-refractivity contribution in [2.24, 2.45) is 0 Å². The first kappa shape index (κ1) is 12.4. The fraction of sp³-hybridized carbons (Fsp3) is 0.769. The molecule has 0 aliphatic heterocycles. The van der Waals surface area contributed by atoms with Crippen molar-refractivity contribution in [1.82, 2.24) is 0 Å². The van der Waals surface area contributed by atoms with Crippen LogP contribution in [0.4, 0.5) is 0 Å². The van der Waals surface area contributed by atoms with E-state index in [4.69, 9.17) is 4.74 Å². The largest absolute Gasteiger partial charge is 0.373 e. The fourth-order valence-corrected chi connectivity index (χ4v) is 2.06. The lowest BCUT2D eigenvalue weighted by Crippen LogP contribution is -2.24. The number of methoxy groups -OCH3 is 1. The van der Waals surface area contributed by atoms with Gasteiger partial charge < -0.3 is 4.74 Å². The summed E-state index contributed by atoms with van der Waals surface area (Å²) in [6.07, 6.45) is 9.38. The number of Topliss-reactive ketones (excluding diaryl/α,β-unsaturated/α-hetero) is 1. The minimum Gasteiger partial charge on any atom is -0.373 e. The highest BCUT2D eigenvalue weighted by molar-refractivity contribution is 5.98. The van der Waals surface area contributed by atoms with Gasteiger partial charge in [-0.05, 0) is 37.7 Å².